The minimum Gasteiger partial charge on any atom is -0.319 e. The second kappa shape index (κ2) is 5.33. The average Bonchev–Trinajstić information content (AvgIpc) is 2.64. The Hall–Kier alpha value is -1.56. The van der Waals surface area contributed by atoms with Crippen molar-refractivity contribution in [3.63, 3.8) is 0 Å². The lowest BCUT2D eigenvalue weighted by Crippen LogP contribution is -2.37. The smallest absolute Gasteiger partial charge is 0.319 e. The summed E-state index contributed by atoms with van der Waals surface area (Å²) in [5, 5.41) is 0. The van der Waals surface area contributed by atoms with Crippen molar-refractivity contribution in [2.24, 2.45) is 0 Å². The fourth-order valence-corrected chi connectivity index (χ4v) is 4.48. The first-order valence-corrected chi connectivity index (χ1v) is 8.84. The Labute approximate surface area is 125 Å². The summed E-state index contributed by atoms with van der Waals surface area (Å²) in [5.41, 5.74) is 0.996. The number of nitrogens with zero attached hydrogens (tertiary/aromatic N) is 2. The van der Waals surface area contributed by atoms with Gasteiger partial charge >= 0.3 is 6.03 Å². The third-order valence-electron chi connectivity index (χ3n) is 4.32. The Kier molecular flexibility index (Phi) is 3.65. The van der Waals surface area contributed by atoms with Crippen molar-refractivity contribution >= 4 is 16.1 Å². The molecule has 2 aliphatic rings. The molecule has 0 saturated carbocycles. The van der Waals surface area contributed by atoms with Gasteiger partial charge in [-0.1, -0.05) is 30.5 Å². The van der Waals surface area contributed by atoms with Gasteiger partial charge in [-0.2, -0.15) is 0 Å². The van der Waals surface area contributed by atoms with E-state index in [2.05, 4.69) is 0 Å². The third-order valence-corrected chi connectivity index (χ3v) is 6.08. The molecule has 1 aromatic rings. The van der Waals surface area contributed by atoms with Crippen LogP contribution < -0.4 is 0 Å². The quantitative estimate of drug-likeness (QED) is 0.843. The molecular formula is C15H20N2O3S. The fourth-order valence-electron chi connectivity index (χ4n) is 3.07. The third kappa shape index (κ3) is 2.52. The molecule has 1 atom stereocenters. The zero-order chi connectivity index (χ0) is 15.0. The van der Waals surface area contributed by atoms with Gasteiger partial charge in [0.05, 0.1) is 17.5 Å². The molecule has 5 nitrogen and oxygen atoms in total. The highest BCUT2D eigenvalue weighted by atomic mass is 32.2. The molecule has 6 heteroatoms. The lowest BCUT2D eigenvalue weighted by atomic mass is 10.1. The highest BCUT2D eigenvalue weighted by Gasteiger charge is 2.43. The number of carbonyl (C=O) groups is 1. The van der Waals surface area contributed by atoms with Crippen LogP contribution in [-0.4, -0.2) is 42.8 Å². The van der Waals surface area contributed by atoms with E-state index in [1.807, 2.05) is 6.92 Å². The normalized spacial score (nSPS) is 23.1. The molecule has 1 unspecified atom stereocenters. The zero-order valence-electron chi connectivity index (χ0n) is 12.2. The minimum atomic E-state index is -3.73. The van der Waals surface area contributed by atoms with Crippen molar-refractivity contribution in [1.29, 1.82) is 0 Å². The number of rotatable bonds is 2. The topological polar surface area (TPSA) is 57.7 Å². The maximum absolute atomic E-state index is 12.7. The summed E-state index contributed by atoms with van der Waals surface area (Å²) in [6.45, 7) is 2.86. The molecule has 0 aliphatic carbocycles. The summed E-state index contributed by atoms with van der Waals surface area (Å²) in [6.07, 6.45) is 4.03. The van der Waals surface area contributed by atoms with E-state index in [1.54, 1.807) is 29.2 Å². The molecule has 2 amide bonds. The highest BCUT2D eigenvalue weighted by Crippen LogP contribution is 2.29. The molecular weight excluding hydrogens is 288 g/mol. The van der Waals surface area contributed by atoms with E-state index < -0.39 is 10.0 Å². The number of urea groups is 1. The molecule has 0 bridgehead atoms. The number of hydrogen-bond acceptors (Lipinski definition) is 3. The molecule has 114 valence electrons. The van der Waals surface area contributed by atoms with Crippen molar-refractivity contribution in [3.05, 3.63) is 29.8 Å². The number of hydrogen-bond donors (Lipinski definition) is 0. The molecule has 3 rings (SSSR count). The first kappa shape index (κ1) is 14.4. The zero-order valence-corrected chi connectivity index (χ0v) is 13.0. The highest BCUT2D eigenvalue weighted by molar-refractivity contribution is 7.89. The number of amides is 2. The molecule has 2 heterocycles. The van der Waals surface area contributed by atoms with Crippen molar-refractivity contribution in [2.45, 2.75) is 43.5 Å². The summed E-state index contributed by atoms with van der Waals surface area (Å²) in [4.78, 5) is 14.4. The molecule has 2 fully saturated rings. The molecule has 21 heavy (non-hydrogen) atoms. The maximum Gasteiger partial charge on any atom is 0.334 e. The van der Waals surface area contributed by atoms with E-state index >= 15 is 0 Å². The predicted molar refractivity (Wildman–Crippen MR) is 79.4 cm³/mol. The van der Waals surface area contributed by atoms with Gasteiger partial charge in [0.15, 0.2) is 0 Å². The Morgan fingerprint density at radius 1 is 1.10 bits per heavy atom. The summed E-state index contributed by atoms with van der Waals surface area (Å²) in [6, 6.07) is 6.34. The molecule has 0 radical (unpaired) electrons. The van der Waals surface area contributed by atoms with Crippen LogP contribution in [0.2, 0.25) is 0 Å². The molecule has 2 aliphatic heterocycles. The van der Waals surface area contributed by atoms with Crippen LogP contribution in [0.3, 0.4) is 0 Å². The average molecular weight is 308 g/mol. The van der Waals surface area contributed by atoms with E-state index in [0.717, 1.165) is 35.6 Å². The molecule has 2 saturated heterocycles. The van der Waals surface area contributed by atoms with Gasteiger partial charge in [-0.25, -0.2) is 17.5 Å². The van der Waals surface area contributed by atoms with Gasteiger partial charge in [0.1, 0.15) is 0 Å². The standard InChI is InChI=1S/C15H20N2O3S/c1-12-6-8-14(9-7-12)21(19,20)17-11-13-5-3-2-4-10-16(13)15(17)18/h6-9,13H,2-5,10-11H2,1H3. The summed E-state index contributed by atoms with van der Waals surface area (Å²) < 4.78 is 26.4. The largest absolute Gasteiger partial charge is 0.334 e. The first-order valence-electron chi connectivity index (χ1n) is 7.40. The van der Waals surface area contributed by atoms with Gasteiger partial charge in [0.25, 0.3) is 10.0 Å². The monoisotopic (exact) mass is 308 g/mol. The fraction of sp³-hybridized carbons (Fsp3) is 0.533. The van der Waals surface area contributed by atoms with Crippen molar-refractivity contribution in [3.8, 4) is 0 Å². The van der Waals surface area contributed by atoms with Gasteiger partial charge < -0.3 is 4.90 Å². The van der Waals surface area contributed by atoms with Crippen molar-refractivity contribution in [2.75, 3.05) is 13.1 Å². The van der Waals surface area contributed by atoms with Crippen LogP contribution >= 0.6 is 0 Å². The van der Waals surface area contributed by atoms with Gasteiger partial charge in [-0.05, 0) is 31.9 Å². The summed E-state index contributed by atoms with van der Waals surface area (Å²) in [5.74, 6) is 0. The lowest BCUT2D eigenvalue weighted by molar-refractivity contribution is 0.198. The van der Waals surface area contributed by atoms with Gasteiger partial charge in [-0.3, -0.25) is 0 Å². The summed E-state index contributed by atoms with van der Waals surface area (Å²) in [7, 11) is -3.73. The van der Waals surface area contributed by atoms with E-state index in [4.69, 9.17) is 0 Å². The Morgan fingerprint density at radius 3 is 2.52 bits per heavy atom. The van der Waals surface area contributed by atoms with Gasteiger partial charge in [0.2, 0.25) is 0 Å². The number of benzene rings is 1. The predicted octanol–water partition coefficient (Wildman–Crippen LogP) is 2.36. The van der Waals surface area contributed by atoms with E-state index in [-0.39, 0.29) is 23.5 Å². The van der Waals surface area contributed by atoms with Crippen LogP contribution in [0.15, 0.2) is 29.2 Å². The van der Waals surface area contributed by atoms with E-state index in [9.17, 15) is 13.2 Å². The summed E-state index contributed by atoms with van der Waals surface area (Å²) >= 11 is 0. The minimum absolute atomic E-state index is 0.0419. The second-order valence-electron chi connectivity index (χ2n) is 5.83. The maximum atomic E-state index is 12.7. The number of fused-ring (bicyclic) bond motifs is 1. The first-order chi connectivity index (χ1) is 10.00. The molecule has 1 aromatic carbocycles. The number of carbonyl (C=O) groups excluding carboxylic acids is 1. The van der Waals surface area contributed by atoms with Crippen LogP contribution in [0.4, 0.5) is 4.79 Å². The van der Waals surface area contributed by atoms with Crippen molar-refractivity contribution < 1.29 is 13.2 Å². The van der Waals surface area contributed by atoms with Crippen LogP contribution in [0.5, 0.6) is 0 Å². The number of sulfonamides is 1. The molecule has 0 N–H and O–H groups in total. The van der Waals surface area contributed by atoms with Gasteiger partial charge in [0, 0.05) is 6.54 Å². The van der Waals surface area contributed by atoms with E-state index in [1.165, 1.54) is 0 Å². The van der Waals surface area contributed by atoms with Gasteiger partial charge in [-0.15, -0.1) is 0 Å². The van der Waals surface area contributed by atoms with Crippen LogP contribution in [-0.2, 0) is 10.0 Å². The van der Waals surface area contributed by atoms with Crippen LogP contribution in [0.25, 0.3) is 0 Å². The molecule has 0 spiro atoms. The Morgan fingerprint density at radius 2 is 1.81 bits per heavy atom. The number of aryl methyl sites for hydroxylation is 1. The Bertz CT molecular complexity index is 639. The lowest BCUT2D eigenvalue weighted by Gasteiger charge is -2.19. The van der Waals surface area contributed by atoms with Crippen molar-refractivity contribution in [1.82, 2.24) is 9.21 Å². The second-order valence-corrected chi connectivity index (χ2v) is 7.69. The van der Waals surface area contributed by atoms with Crippen LogP contribution in [0.1, 0.15) is 31.2 Å². The van der Waals surface area contributed by atoms with Crippen LogP contribution in [0, 0.1) is 6.92 Å². The van der Waals surface area contributed by atoms with E-state index in [0.29, 0.717) is 6.54 Å². The Balaban J connectivity index is 1.90. The molecule has 0 aromatic heterocycles. The SMILES string of the molecule is Cc1ccc(S(=O)(=O)N2CC3CCCCCN3C2=O)cc1.